The van der Waals surface area contributed by atoms with Crippen molar-refractivity contribution < 1.29 is 0 Å². The molecule has 0 nitrogen and oxygen atoms in total. The molecule has 22 heavy (non-hydrogen) atoms. The SMILES string of the molecule is CCC[C@H]1CC[C@H](c2ccc(CCC3CC(C)C3)cc2)CC1. The fraction of sp³-hybridized carbons (Fsp3) is 0.727. The minimum Gasteiger partial charge on any atom is -0.0654 e. The highest BCUT2D eigenvalue weighted by Gasteiger charge is 2.25. The van der Waals surface area contributed by atoms with Crippen molar-refractivity contribution in [3.63, 3.8) is 0 Å². The zero-order valence-electron chi connectivity index (χ0n) is 14.7. The van der Waals surface area contributed by atoms with Crippen LogP contribution in [0.25, 0.3) is 0 Å². The maximum atomic E-state index is 2.43. The van der Waals surface area contributed by atoms with E-state index in [0.29, 0.717) is 0 Å². The van der Waals surface area contributed by atoms with Crippen molar-refractivity contribution in [2.24, 2.45) is 17.8 Å². The van der Waals surface area contributed by atoms with Crippen LogP contribution in [-0.4, -0.2) is 0 Å². The Morgan fingerprint density at radius 3 is 2.14 bits per heavy atom. The van der Waals surface area contributed by atoms with Crippen molar-refractivity contribution in [2.75, 3.05) is 0 Å². The average Bonchev–Trinajstić information content (AvgIpc) is 2.52. The lowest BCUT2D eigenvalue weighted by atomic mass is 9.73. The van der Waals surface area contributed by atoms with Crippen LogP contribution >= 0.6 is 0 Å². The van der Waals surface area contributed by atoms with E-state index in [-0.39, 0.29) is 0 Å². The number of hydrogen-bond acceptors (Lipinski definition) is 0. The second-order valence-corrected chi connectivity index (χ2v) is 8.23. The molecule has 2 saturated carbocycles. The first-order valence-electron chi connectivity index (χ1n) is 9.83. The van der Waals surface area contributed by atoms with Crippen LogP contribution < -0.4 is 0 Å². The predicted octanol–water partition coefficient (Wildman–Crippen LogP) is 6.74. The van der Waals surface area contributed by atoms with Gasteiger partial charge < -0.3 is 0 Å². The van der Waals surface area contributed by atoms with Gasteiger partial charge in [0.15, 0.2) is 0 Å². The quantitative estimate of drug-likeness (QED) is 0.545. The van der Waals surface area contributed by atoms with Crippen molar-refractivity contribution >= 4 is 0 Å². The van der Waals surface area contributed by atoms with Crippen molar-refractivity contribution in [3.05, 3.63) is 35.4 Å². The molecule has 0 unspecified atom stereocenters. The van der Waals surface area contributed by atoms with Crippen LogP contribution in [0, 0.1) is 17.8 Å². The molecular formula is C22H34. The van der Waals surface area contributed by atoms with Gasteiger partial charge in [-0.2, -0.15) is 0 Å². The molecule has 1 aromatic rings. The normalized spacial score (nSPS) is 31.7. The van der Waals surface area contributed by atoms with E-state index in [2.05, 4.69) is 38.1 Å². The molecule has 0 saturated heterocycles. The molecule has 0 N–H and O–H groups in total. The van der Waals surface area contributed by atoms with Gasteiger partial charge >= 0.3 is 0 Å². The van der Waals surface area contributed by atoms with E-state index in [1.807, 2.05) is 0 Å². The zero-order valence-corrected chi connectivity index (χ0v) is 14.7. The van der Waals surface area contributed by atoms with E-state index in [0.717, 1.165) is 23.7 Å². The molecular weight excluding hydrogens is 264 g/mol. The van der Waals surface area contributed by atoms with E-state index in [1.165, 1.54) is 64.2 Å². The maximum absolute atomic E-state index is 2.43. The molecule has 0 bridgehead atoms. The molecule has 2 aliphatic carbocycles. The van der Waals surface area contributed by atoms with Gasteiger partial charge in [-0.3, -0.25) is 0 Å². The number of rotatable bonds is 6. The van der Waals surface area contributed by atoms with Crippen LogP contribution in [0.15, 0.2) is 24.3 Å². The fourth-order valence-corrected chi connectivity index (χ4v) is 4.82. The van der Waals surface area contributed by atoms with Crippen LogP contribution in [-0.2, 0) is 6.42 Å². The molecule has 0 spiro atoms. The highest BCUT2D eigenvalue weighted by molar-refractivity contribution is 5.26. The first kappa shape index (κ1) is 16.1. The summed E-state index contributed by atoms with van der Waals surface area (Å²) in [6.45, 7) is 4.72. The van der Waals surface area contributed by atoms with E-state index >= 15 is 0 Å². The molecule has 3 rings (SSSR count). The van der Waals surface area contributed by atoms with Gasteiger partial charge in [0.05, 0.1) is 0 Å². The number of benzene rings is 1. The lowest BCUT2D eigenvalue weighted by molar-refractivity contribution is 0.200. The Morgan fingerprint density at radius 2 is 1.55 bits per heavy atom. The standard InChI is InChI=1S/C22H34/c1-3-4-18-7-11-21(12-8-18)22-13-9-19(10-14-22)5-6-20-15-17(2)16-20/h9-10,13-14,17-18,20-21H,3-8,11-12,15-16H2,1-2H3/t17?,18-,20?,21-. The Balaban J connectivity index is 1.45. The van der Waals surface area contributed by atoms with Crippen LogP contribution in [0.3, 0.4) is 0 Å². The third-order valence-corrected chi connectivity index (χ3v) is 6.31. The van der Waals surface area contributed by atoms with Crippen molar-refractivity contribution in [1.29, 1.82) is 0 Å². The van der Waals surface area contributed by atoms with Gasteiger partial charge in [0.2, 0.25) is 0 Å². The minimum absolute atomic E-state index is 0.842. The smallest absolute Gasteiger partial charge is 0.0162 e. The molecule has 0 aromatic heterocycles. The van der Waals surface area contributed by atoms with Gasteiger partial charge in [-0.05, 0) is 86.2 Å². The molecule has 2 aliphatic rings. The minimum atomic E-state index is 0.842. The molecule has 2 fully saturated rings. The van der Waals surface area contributed by atoms with E-state index < -0.39 is 0 Å². The third-order valence-electron chi connectivity index (χ3n) is 6.31. The Labute approximate surface area is 137 Å². The Morgan fingerprint density at radius 1 is 0.864 bits per heavy atom. The summed E-state index contributed by atoms with van der Waals surface area (Å²) in [7, 11) is 0. The zero-order chi connectivity index (χ0) is 15.4. The Kier molecular flexibility index (Phi) is 5.61. The predicted molar refractivity (Wildman–Crippen MR) is 96.3 cm³/mol. The summed E-state index contributed by atoms with van der Waals surface area (Å²) in [5, 5.41) is 0. The van der Waals surface area contributed by atoms with Crippen LogP contribution in [0.4, 0.5) is 0 Å². The first-order valence-corrected chi connectivity index (χ1v) is 9.83. The summed E-state index contributed by atoms with van der Waals surface area (Å²) < 4.78 is 0. The van der Waals surface area contributed by atoms with Gasteiger partial charge in [-0.15, -0.1) is 0 Å². The summed E-state index contributed by atoms with van der Waals surface area (Å²) in [6.07, 6.45) is 14.2. The average molecular weight is 299 g/mol. The number of aryl methyl sites for hydroxylation is 1. The van der Waals surface area contributed by atoms with Crippen LogP contribution in [0.2, 0.25) is 0 Å². The van der Waals surface area contributed by atoms with Gasteiger partial charge in [0.1, 0.15) is 0 Å². The maximum Gasteiger partial charge on any atom is -0.0162 e. The van der Waals surface area contributed by atoms with Gasteiger partial charge in [0, 0.05) is 0 Å². The summed E-state index contributed by atoms with van der Waals surface area (Å²) >= 11 is 0. The van der Waals surface area contributed by atoms with E-state index in [4.69, 9.17) is 0 Å². The third kappa shape index (κ3) is 4.15. The Bertz CT molecular complexity index is 430. The van der Waals surface area contributed by atoms with E-state index in [9.17, 15) is 0 Å². The van der Waals surface area contributed by atoms with Crippen molar-refractivity contribution in [3.8, 4) is 0 Å². The second kappa shape index (κ2) is 7.66. The van der Waals surface area contributed by atoms with Crippen LogP contribution in [0.1, 0.15) is 88.7 Å². The monoisotopic (exact) mass is 298 g/mol. The second-order valence-electron chi connectivity index (χ2n) is 8.23. The number of hydrogen-bond donors (Lipinski definition) is 0. The molecule has 0 radical (unpaired) electrons. The highest BCUT2D eigenvalue weighted by Crippen LogP contribution is 2.38. The van der Waals surface area contributed by atoms with Gasteiger partial charge in [0.25, 0.3) is 0 Å². The fourth-order valence-electron chi connectivity index (χ4n) is 4.82. The molecule has 0 aliphatic heterocycles. The highest BCUT2D eigenvalue weighted by atomic mass is 14.3. The molecule has 0 amide bonds. The lowest BCUT2D eigenvalue weighted by Gasteiger charge is -2.32. The summed E-state index contributed by atoms with van der Waals surface area (Å²) in [5.74, 6) is 3.87. The topological polar surface area (TPSA) is 0 Å². The lowest BCUT2D eigenvalue weighted by Crippen LogP contribution is -2.21. The molecule has 0 atom stereocenters. The summed E-state index contributed by atoms with van der Waals surface area (Å²) in [4.78, 5) is 0. The van der Waals surface area contributed by atoms with Gasteiger partial charge in [-0.25, -0.2) is 0 Å². The molecule has 0 heterocycles. The van der Waals surface area contributed by atoms with Crippen molar-refractivity contribution in [1.82, 2.24) is 0 Å². The summed E-state index contributed by atoms with van der Waals surface area (Å²) in [6, 6.07) is 9.69. The largest absolute Gasteiger partial charge is 0.0654 e. The summed E-state index contributed by atoms with van der Waals surface area (Å²) in [5.41, 5.74) is 3.17. The Hall–Kier alpha value is -0.780. The molecule has 1 aromatic carbocycles. The molecule has 0 heteroatoms. The van der Waals surface area contributed by atoms with Crippen molar-refractivity contribution in [2.45, 2.75) is 84.0 Å². The van der Waals surface area contributed by atoms with Gasteiger partial charge in [-0.1, -0.05) is 51.0 Å². The van der Waals surface area contributed by atoms with Crippen LogP contribution in [0.5, 0.6) is 0 Å². The first-order chi connectivity index (χ1) is 10.7. The van der Waals surface area contributed by atoms with E-state index in [1.54, 1.807) is 11.1 Å². The molecule has 122 valence electrons.